The van der Waals surface area contributed by atoms with Gasteiger partial charge in [-0.2, -0.15) is 4.37 Å². The number of anilines is 2. The normalized spacial score (nSPS) is 13.4. The molecule has 0 aromatic carbocycles. The van der Waals surface area contributed by atoms with Crippen LogP contribution < -0.4 is 11.1 Å². The van der Waals surface area contributed by atoms with Gasteiger partial charge in [0.2, 0.25) is 0 Å². The van der Waals surface area contributed by atoms with Gasteiger partial charge in [-0.15, -0.1) is 6.58 Å². The van der Waals surface area contributed by atoms with Crippen LogP contribution in [-0.4, -0.2) is 25.1 Å². The molecule has 0 radical (unpaired) electrons. The van der Waals surface area contributed by atoms with Gasteiger partial charge in [-0.1, -0.05) is 6.08 Å². The molecule has 0 saturated carbocycles. The monoisotopic (exact) mass is 261 g/mol. The number of hydrogen-bond donors (Lipinski definition) is 2. The van der Waals surface area contributed by atoms with E-state index < -0.39 is 9.84 Å². The summed E-state index contributed by atoms with van der Waals surface area (Å²) < 4.78 is 26.9. The van der Waals surface area contributed by atoms with Crippen LogP contribution in [0, 0.1) is 0 Å². The number of rotatable bonds is 5. The Hall–Kier alpha value is -1.08. The van der Waals surface area contributed by atoms with E-state index in [2.05, 4.69) is 16.3 Å². The standard InChI is InChI=1S/C9H15N3O2S2/c1-4-5-6(2)11-9-7(16(3,13)14)8(10)12-15-9/h4,6,11H,1,5H2,2-3H3,(H2,10,12). The van der Waals surface area contributed by atoms with Crippen molar-refractivity contribution in [2.75, 3.05) is 17.3 Å². The topological polar surface area (TPSA) is 85.1 Å². The molecule has 0 spiro atoms. The Kier molecular flexibility index (Phi) is 3.93. The molecule has 0 aliphatic rings. The third-order valence-corrected chi connectivity index (χ3v) is 4.02. The summed E-state index contributed by atoms with van der Waals surface area (Å²) in [6.45, 7) is 5.56. The quantitative estimate of drug-likeness (QED) is 0.785. The summed E-state index contributed by atoms with van der Waals surface area (Å²) in [5, 5.41) is 3.56. The van der Waals surface area contributed by atoms with Crippen LogP contribution in [0.5, 0.6) is 0 Å². The van der Waals surface area contributed by atoms with Gasteiger partial charge in [0.15, 0.2) is 15.7 Å². The molecule has 0 bridgehead atoms. The third kappa shape index (κ3) is 2.96. The fourth-order valence-corrected chi connectivity index (χ4v) is 3.44. The van der Waals surface area contributed by atoms with E-state index in [4.69, 9.17) is 5.73 Å². The van der Waals surface area contributed by atoms with Crippen molar-refractivity contribution in [1.82, 2.24) is 4.37 Å². The Morgan fingerprint density at radius 1 is 1.69 bits per heavy atom. The predicted octanol–water partition coefficient (Wildman–Crippen LogP) is 1.51. The van der Waals surface area contributed by atoms with Crippen LogP contribution in [0.3, 0.4) is 0 Å². The molecule has 1 aromatic heterocycles. The van der Waals surface area contributed by atoms with Gasteiger partial charge in [-0.05, 0) is 24.9 Å². The Morgan fingerprint density at radius 3 is 2.81 bits per heavy atom. The van der Waals surface area contributed by atoms with Gasteiger partial charge in [-0.25, -0.2) is 8.42 Å². The van der Waals surface area contributed by atoms with Crippen molar-refractivity contribution in [2.45, 2.75) is 24.3 Å². The molecule has 0 aliphatic heterocycles. The van der Waals surface area contributed by atoms with E-state index in [0.717, 1.165) is 24.2 Å². The molecule has 0 amide bonds. The van der Waals surface area contributed by atoms with Gasteiger partial charge in [0, 0.05) is 12.3 Å². The van der Waals surface area contributed by atoms with Crippen molar-refractivity contribution < 1.29 is 8.42 Å². The molecule has 0 aliphatic carbocycles. The van der Waals surface area contributed by atoms with Gasteiger partial charge in [0.25, 0.3) is 0 Å². The Balaban J connectivity index is 3.02. The SMILES string of the molecule is C=CCC(C)Nc1snc(N)c1S(C)(=O)=O. The minimum atomic E-state index is -3.35. The van der Waals surface area contributed by atoms with Crippen LogP contribution in [0.15, 0.2) is 17.6 Å². The third-order valence-electron chi connectivity index (χ3n) is 1.94. The largest absolute Gasteiger partial charge is 0.382 e. The second kappa shape index (κ2) is 4.84. The second-order valence-corrected chi connectivity index (χ2v) is 6.29. The van der Waals surface area contributed by atoms with Gasteiger partial charge < -0.3 is 11.1 Å². The number of hydrogen-bond acceptors (Lipinski definition) is 6. The molecular formula is C9H15N3O2S2. The fraction of sp³-hybridized carbons (Fsp3) is 0.444. The molecule has 1 rings (SSSR count). The maximum absolute atomic E-state index is 11.5. The first-order valence-electron chi connectivity index (χ1n) is 4.69. The summed E-state index contributed by atoms with van der Waals surface area (Å²) in [5.41, 5.74) is 5.54. The minimum absolute atomic E-state index is 0.0563. The average Bonchev–Trinajstić information content (AvgIpc) is 2.46. The molecular weight excluding hydrogens is 246 g/mol. The van der Waals surface area contributed by atoms with Crippen molar-refractivity contribution in [3.8, 4) is 0 Å². The Bertz CT molecular complexity index is 479. The van der Waals surface area contributed by atoms with Crippen LogP contribution in [0.4, 0.5) is 10.8 Å². The Morgan fingerprint density at radius 2 is 2.31 bits per heavy atom. The summed E-state index contributed by atoms with van der Waals surface area (Å²) >= 11 is 1.06. The zero-order valence-electron chi connectivity index (χ0n) is 9.23. The van der Waals surface area contributed by atoms with E-state index in [1.807, 2.05) is 6.92 Å². The van der Waals surface area contributed by atoms with Crippen molar-refractivity contribution in [2.24, 2.45) is 0 Å². The van der Waals surface area contributed by atoms with Crippen LogP contribution in [0.2, 0.25) is 0 Å². The number of nitrogens with zero attached hydrogens (tertiary/aromatic N) is 1. The van der Waals surface area contributed by atoms with Crippen molar-refractivity contribution in [3.63, 3.8) is 0 Å². The van der Waals surface area contributed by atoms with Crippen LogP contribution in [0.1, 0.15) is 13.3 Å². The number of nitrogen functional groups attached to an aromatic ring is 1. The van der Waals surface area contributed by atoms with Gasteiger partial charge >= 0.3 is 0 Å². The Labute approximate surface area is 99.4 Å². The average molecular weight is 261 g/mol. The molecule has 90 valence electrons. The summed E-state index contributed by atoms with van der Waals surface area (Å²) in [7, 11) is -3.35. The lowest BCUT2D eigenvalue weighted by Crippen LogP contribution is -2.15. The molecule has 0 fully saturated rings. The van der Waals surface area contributed by atoms with E-state index in [1.165, 1.54) is 0 Å². The molecule has 7 heteroatoms. The number of nitrogens with one attached hydrogen (secondary N) is 1. The zero-order chi connectivity index (χ0) is 12.3. The first-order valence-corrected chi connectivity index (χ1v) is 7.35. The van der Waals surface area contributed by atoms with E-state index in [1.54, 1.807) is 6.08 Å². The zero-order valence-corrected chi connectivity index (χ0v) is 10.9. The minimum Gasteiger partial charge on any atom is -0.382 e. The molecule has 0 saturated heterocycles. The first kappa shape index (κ1) is 13.0. The van der Waals surface area contributed by atoms with Gasteiger partial charge in [0.1, 0.15) is 9.90 Å². The lowest BCUT2D eigenvalue weighted by atomic mass is 10.2. The molecule has 1 unspecified atom stereocenters. The molecule has 1 atom stereocenters. The summed E-state index contributed by atoms with van der Waals surface area (Å²) in [4.78, 5) is 0.0911. The first-order chi connectivity index (χ1) is 7.36. The highest BCUT2D eigenvalue weighted by molar-refractivity contribution is 7.91. The van der Waals surface area contributed by atoms with E-state index in [9.17, 15) is 8.42 Å². The molecule has 16 heavy (non-hydrogen) atoms. The lowest BCUT2D eigenvalue weighted by Gasteiger charge is -2.11. The highest BCUT2D eigenvalue weighted by atomic mass is 32.2. The highest BCUT2D eigenvalue weighted by Crippen LogP contribution is 2.31. The maximum atomic E-state index is 11.5. The van der Waals surface area contributed by atoms with Gasteiger partial charge in [0.05, 0.1) is 0 Å². The summed E-state index contributed by atoms with van der Waals surface area (Å²) in [6, 6.07) is 0.0952. The highest BCUT2D eigenvalue weighted by Gasteiger charge is 2.21. The summed E-state index contributed by atoms with van der Waals surface area (Å²) in [5.74, 6) is 0.0563. The van der Waals surface area contributed by atoms with Crippen molar-refractivity contribution in [1.29, 1.82) is 0 Å². The summed E-state index contributed by atoms with van der Waals surface area (Å²) in [6.07, 6.45) is 3.62. The van der Waals surface area contributed by atoms with E-state index in [-0.39, 0.29) is 16.8 Å². The van der Waals surface area contributed by atoms with Crippen LogP contribution in [0.25, 0.3) is 0 Å². The van der Waals surface area contributed by atoms with Crippen molar-refractivity contribution in [3.05, 3.63) is 12.7 Å². The lowest BCUT2D eigenvalue weighted by molar-refractivity contribution is 0.602. The van der Waals surface area contributed by atoms with E-state index >= 15 is 0 Å². The molecule has 3 N–H and O–H groups in total. The molecule has 5 nitrogen and oxygen atoms in total. The number of sulfone groups is 1. The smallest absolute Gasteiger partial charge is 0.182 e. The number of nitrogens with two attached hydrogens (primary N) is 1. The second-order valence-electron chi connectivity index (χ2n) is 3.57. The maximum Gasteiger partial charge on any atom is 0.182 e. The molecule has 1 heterocycles. The van der Waals surface area contributed by atoms with Crippen LogP contribution in [-0.2, 0) is 9.84 Å². The van der Waals surface area contributed by atoms with Crippen molar-refractivity contribution >= 4 is 32.2 Å². The van der Waals surface area contributed by atoms with Gasteiger partial charge in [-0.3, -0.25) is 0 Å². The van der Waals surface area contributed by atoms with E-state index in [0.29, 0.717) is 5.00 Å². The fourth-order valence-electron chi connectivity index (χ4n) is 1.28. The predicted molar refractivity (Wildman–Crippen MR) is 67.5 cm³/mol. The number of aromatic nitrogens is 1. The van der Waals surface area contributed by atoms with Crippen LogP contribution >= 0.6 is 11.5 Å². The molecule has 1 aromatic rings.